The van der Waals surface area contributed by atoms with E-state index in [0.717, 1.165) is 6.07 Å². The van der Waals surface area contributed by atoms with Crippen molar-refractivity contribution in [3.05, 3.63) is 32.6 Å². The van der Waals surface area contributed by atoms with Crippen LogP contribution in [0, 0.1) is 0 Å². The molecule has 0 aliphatic carbocycles. The van der Waals surface area contributed by atoms with Gasteiger partial charge in [-0.2, -0.15) is 0 Å². The van der Waals surface area contributed by atoms with Crippen molar-refractivity contribution in [2.75, 3.05) is 13.2 Å². The molecule has 0 saturated heterocycles. The predicted octanol–water partition coefficient (Wildman–Crippen LogP) is -2.53. The molecule has 0 aliphatic heterocycles. The molecule has 1 heterocycles. The van der Waals surface area contributed by atoms with Crippen LogP contribution < -0.4 is 16.6 Å². The Morgan fingerprint density at radius 3 is 2.67 bits per heavy atom. The number of nitrogens with one attached hydrogen (secondary N) is 3. The molecule has 0 radical (unpaired) electrons. The minimum atomic E-state index is -1.41. The fraction of sp³-hybridized carbons (Fsp3) is 0.500. The molecule has 5 N–H and O–H groups in total. The van der Waals surface area contributed by atoms with Crippen LogP contribution in [0.25, 0.3) is 0 Å². The zero-order chi connectivity index (χ0) is 13.8. The minimum absolute atomic E-state index is 0.129. The number of aromatic amines is 2. The number of aromatic nitrogens is 2. The summed E-state index contributed by atoms with van der Waals surface area (Å²) < 4.78 is 0. The normalized spacial score (nSPS) is 13.9. The topological polar surface area (TPSA) is 135 Å². The Bertz CT molecular complexity index is 503. The van der Waals surface area contributed by atoms with Gasteiger partial charge in [-0.25, -0.2) is 4.79 Å². The lowest BCUT2D eigenvalue weighted by atomic mass is 10.1. The minimum Gasteiger partial charge on any atom is -0.393 e. The fourth-order valence-electron chi connectivity index (χ4n) is 1.19. The van der Waals surface area contributed by atoms with Gasteiger partial charge in [0, 0.05) is 18.3 Å². The highest BCUT2D eigenvalue weighted by Gasteiger charge is 2.19. The van der Waals surface area contributed by atoms with Gasteiger partial charge in [0.1, 0.15) is 5.60 Å². The van der Waals surface area contributed by atoms with E-state index < -0.39 is 29.4 Å². The second kappa shape index (κ2) is 5.61. The molecule has 1 rings (SSSR count). The first-order valence-corrected chi connectivity index (χ1v) is 5.25. The summed E-state index contributed by atoms with van der Waals surface area (Å²) in [7, 11) is 0. The van der Waals surface area contributed by atoms with Crippen molar-refractivity contribution < 1.29 is 15.0 Å². The predicted molar refractivity (Wildman–Crippen MR) is 62.1 cm³/mol. The van der Waals surface area contributed by atoms with Crippen LogP contribution in [0.3, 0.4) is 0 Å². The second-order valence-electron chi connectivity index (χ2n) is 4.22. The van der Waals surface area contributed by atoms with Gasteiger partial charge in [-0.05, 0) is 6.92 Å². The zero-order valence-electron chi connectivity index (χ0n) is 9.82. The van der Waals surface area contributed by atoms with Crippen LogP contribution in [0.2, 0.25) is 0 Å². The molecule has 0 spiro atoms. The molecule has 1 aromatic heterocycles. The molecule has 0 fully saturated rings. The van der Waals surface area contributed by atoms with Gasteiger partial charge in [-0.15, -0.1) is 0 Å². The van der Waals surface area contributed by atoms with E-state index in [1.807, 2.05) is 4.98 Å². The van der Waals surface area contributed by atoms with Gasteiger partial charge in [0.05, 0.1) is 13.0 Å². The number of rotatable bonds is 5. The Morgan fingerprint density at radius 1 is 1.44 bits per heavy atom. The molecule has 1 aromatic rings. The molecule has 0 bridgehead atoms. The highest BCUT2D eigenvalue weighted by molar-refractivity contribution is 5.78. The number of hydrogen-bond donors (Lipinski definition) is 5. The van der Waals surface area contributed by atoms with Gasteiger partial charge >= 0.3 is 5.69 Å². The average Bonchev–Trinajstić information content (AvgIpc) is 2.25. The number of carbonyl (C=O) groups is 1. The molecule has 100 valence electrons. The molecular formula is C10H15N3O5. The molecule has 1 unspecified atom stereocenters. The summed E-state index contributed by atoms with van der Waals surface area (Å²) >= 11 is 0. The first kappa shape index (κ1) is 14.1. The van der Waals surface area contributed by atoms with Crippen LogP contribution in [-0.2, 0) is 11.2 Å². The van der Waals surface area contributed by atoms with Crippen LogP contribution in [0.5, 0.6) is 0 Å². The summed E-state index contributed by atoms with van der Waals surface area (Å²) in [6, 6.07) is 1.10. The van der Waals surface area contributed by atoms with Gasteiger partial charge in [0.2, 0.25) is 5.91 Å². The SMILES string of the molecule is CC(O)(CO)CNC(=O)Cc1cc(=O)[nH]c(=O)[nH]1. The summed E-state index contributed by atoms with van der Waals surface area (Å²) in [4.78, 5) is 37.7. The molecular weight excluding hydrogens is 242 g/mol. The van der Waals surface area contributed by atoms with Crippen molar-refractivity contribution in [2.45, 2.75) is 18.9 Å². The largest absolute Gasteiger partial charge is 0.393 e. The first-order chi connectivity index (χ1) is 8.32. The molecule has 18 heavy (non-hydrogen) atoms. The molecule has 1 amide bonds. The number of amides is 1. The summed E-state index contributed by atoms with van der Waals surface area (Å²) in [5.74, 6) is -0.482. The van der Waals surface area contributed by atoms with Gasteiger partial charge in [-0.1, -0.05) is 0 Å². The molecule has 8 heteroatoms. The van der Waals surface area contributed by atoms with E-state index in [-0.39, 0.29) is 18.7 Å². The Labute approximate surface area is 102 Å². The maximum atomic E-state index is 11.5. The van der Waals surface area contributed by atoms with Gasteiger partial charge in [0.25, 0.3) is 5.56 Å². The maximum absolute atomic E-state index is 11.5. The van der Waals surface area contributed by atoms with Gasteiger partial charge in [-0.3, -0.25) is 14.6 Å². The standard InChI is InChI=1S/C10H15N3O5/c1-10(18,5-14)4-11-7(15)2-6-3-8(16)13-9(17)12-6/h3,14,18H,2,4-5H2,1H3,(H,11,15)(H2,12,13,16,17). The fourth-order valence-corrected chi connectivity index (χ4v) is 1.19. The van der Waals surface area contributed by atoms with Crippen molar-refractivity contribution in [1.29, 1.82) is 0 Å². The summed E-state index contributed by atoms with van der Waals surface area (Å²) in [6.07, 6.45) is -0.194. The van der Waals surface area contributed by atoms with E-state index in [4.69, 9.17) is 5.11 Å². The van der Waals surface area contributed by atoms with Crippen LogP contribution in [0.15, 0.2) is 15.7 Å². The number of aliphatic hydroxyl groups is 2. The van der Waals surface area contributed by atoms with Crippen molar-refractivity contribution >= 4 is 5.91 Å². The zero-order valence-corrected chi connectivity index (χ0v) is 9.82. The smallest absolute Gasteiger partial charge is 0.325 e. The molecule has 0 aromatic carbocycles. The summed E-state index contributed by atoms with van der Waals surface area (Å²) in [6.45, 7) is 0.743. The third kappa shape index (κ3) is 4.52. The lowest BCUT2D eigenvalue weighted by Crippen LogP contribution is -2.43. The number of hydrogen-bond acceptors (Lipinski definition) is 5. The second-order valence-corrected chi connectivity index (χ2v) is 4.22. The molecule has 8 nitrogen and oxygen atoms in total. The maximum Gasteiger partial charge on any atom is 0.325 e. The van der Waals surface area contributed by atoms with E-state index >= 15 is 0 Å². The first-order valence-electron chi connectivity index (χ1n) is 5.25. The highest BCUT2D eigenvalue weighted by atomic mass is 16.3. The van der Waals surface area contributed by atoms with Crippen molar-refractivity contribution in [3.8, 4) is 0 Å². The highest BCUT2D eigenvalue weighted by Crippen LogP contribution is 1.98. The Hall–Kier alpha value is -1.93. The lowest BCUT2D eigenvalue weighted by Gasteiger charge is -2.20. The van der Waals surface area contributed by atoms with E-state index in [1.165, 1.54) is 6.92 Å². The third-order valence-electron chi connectivity index (χ3n) is 2.17. The third-order valence-corrected chi connectivity index (χ3v) is 2.17. The Balaban J connectivity index is 2.60. The quantitative estimate of drug-likeness (QED) is 0.396. The van der Waals surface area contributed by atoms with Gasteiger partial charge in [0.15, 0.2) is 0 Å². The number of carbonyl (C=O) groups excluding carboxylic acids is 1. The van der Waals surface area contributed by atoms with Crippen LogP contribution in [0.1, 0.15) is 12.6 Å². The summed E-state index contributed by atoms with van der Waals surface area (Å²) in [5.41, 5.74) is -2.52. The van der Waals surface area contributed by atoms with Crippen LogP contribution in [0.4, 0.5) is 0 Å². The lowest BCUT2D eigenvalue weighted by molar-refractivity contribution is -0.122. The number of H-pyrrole nitrogens is 2. The monoisotopic (exact) mass is 257 g/mol. The van der Waals surface area contributed by atoms with E-state index in [0.29, 0.717) is 0 Å². The Kier molecular flexibility index (Phi) is 4.40. The average molecular weight is 257 g/mol. The van der Waals surface area contributed by atoms with Crippen molar-refractivity contribution in [2.24, 2.45) is 0 Å². The molecule has 1 atom stereocenters. The van der Waals surface area contributed by atoms with Crippen molar-refractivity contribution in [3.63, 3.8) is 0 Å². The van der Waals surface area contributed by atoms with E-state index in [9.17, 15) is 19.5 Å². The van der Waals surface area contributed by atoms with E-state index in [1.54, 1.807) is 0 Å². The molecule has 0 aliphatic rings. The Morgan fingerprint density at radius 2 is 2.11 bits per heavy atom. The summed E-state index contributed by atoms with van der Waals surface area (Å²) in [5, 5.41) is 20.6. The van der Waals surface area contributed by atoms with Crippen LogP contribution >= 0.6 is 0 Å². The van der Waals surface area contributed by atoms with Crippen molar-refractivity contribution in [1.82, 2.24) is 15.3 Å². The van der Waals surface area contributed by atoms with Crippen LogP contribution in [-0.4, -0.2) is 44.8 Å². The number of aliphatic hydroxyl groups excluding tert-OH is 1. The van der Waals surface area contributed by atoms with E-state index in [2.05, 4.69) is 10.3 Å². The van der Waals surface area contributed by atoms with Gasteiger partial charge < -0.3 is 20.5 Å². The molecule has 0 saturated carbocycles.